The average molecular weight is 359 g/mol. The summed E-state index contributed by atoms with van der Waals surface area (Å²) in [6.07, 6.45) is -4.94. The number of rotatable bonds is 3. The van der Waals surface area contributed by atoms with Gasteiger partial charge in [-0.2, -0.15) is 0 Å². The van der Waals surface area contributed by atoms with Gasteiger partial charge in [0, 0.05) is 10.6 Å². The predicted molar refractivity (Wildman–Crippen MR) is 79.5 cm³/mol. The normalized spacial score (nSPS) is 10.8. The van der Waals surface area contributed by atoms with Gasteiger partial charge in [-0.05, 0) is 36.4 Å². The molecule has 5 nitrogen and oxygen atoms in total. The zero-order valence-electron chi connectivity index (χ0n) is 11.9. The maximum absolute atomic E-state index is 12.3. The van der Waals surface area contributed by atoms with E-state index in [1.54, 1.807) is 0 Å². The van der Waals surface area contributed by atoms with Crippen LogP contribution in [0.4, 0.5) is 13.2 Å². The molecule has 0 bridgehead atoms. The molecule has 0 aliphatic carbocycles. The van der Waals surface area contributed by atoms with Crippen LogP contribution in [0.1, 0.15) is 20.7 Å². The van der Waals surface area contributed by atoms with Crippen molar-refractivity contribution in [2.75, 3.05) is 0 Å². The molecule has 0 aliphatic rings. The Morgan fingerprint density at radius 3 is 2.12 bits per heavy atom. The molecule has 0 atom stereocenters. The summed E-state index contributed by atoms with van der Waals surface area (Å²) >= 11 is 5.69. The monoisotopic (exact) mass is 358 g/mol. The molecule has 9 heteroatoms. The molecule has 2 amide bonds. The van der Waals surface area contributed by atoms with Crippen molar-refractivity contribution >= 4 is 23.4 Å². The second kappa shape index (κ2) is 7.22. The lowest BCUT2D eigenvalue weighted by atomic mass is 10.2. The van der Waals surface area contributed by atoms with Gasteiger partial charge in [0.05, 0.1) is 5.56 Å². The number of carbonyl (C=O) groups excluding carboxylic acids is 2. The van der Waals surface area contributed by atoms with Crippen molar-refractivity contribution < 1.29 is 27.5 Å². The Hall–Kier alpha value is -2.74. The molecule has 0 radical (unpaired) electrons. The number of carbonyl (C=O) groups is 2. The number of halogens is 4. The van der Waals surface area contributed by atoms with Crippen LogP contribution >= 0.6 is 11.6 Å². The lowest BCUT2D eigenvalue weighted by Gasteiger charge is -2.13. The second-order valence-corrected chi connectivity index (χ2v) is 4.90. The van der Waals surface area contributed by atoms with E-state index in [2.05, 4.69) is 10.2 Å². The van der Waals surface area contributed by atoms with Crippen molar-refractivity contribution in [3.63, 3.8) is 0 Å². The molecule has 2 rings (SSSR count). The van der Waals surface area contributed by atoms with E-state index in [1.807, 2.05) is 5.43 Å². The van der Waals surface area contributed by atoms with Gasteiger partial charge in [0.15, 0.2) is 0 Å². The Morgan fingerprint density at radius 2 is 1.50 bits per heavy atom. The van der Waals surface area contributed by atoms with Gasteiger partial charge in [-0.1, -0.05) is 23.7 Å². The van der Waals surface area contributed by atoms with Gasteiger partial charge >= 0.3 is 6.36 Å². The maximum Gasteiger partial charge on any atom is 0.573 e. The smallest absolute Gasteiger partial charge is 0.405 e. The number of amides is 2. The standard InChI is InChI=1S/C15H10ClF3N2O3/c16-10-7-5-9(6-8-10)13(22)20-21-14(23)11-3-1-2-4-12(11)24-15(17,18)19/h1-8H,(H,20,22)(H,21,23). The van der Waals surface area contributed by atoms with Crippen LogP contribution in [0.2, 0.25) is 5.02 Å². The number of benzene rings is 2. The Morgan fingerprint density at radius 1 is 0.917 bits per heavy atom. The van der Waals surface area contributed by atoms with Crippen LogP contribution in [0.15, 0.2) is 48.5 Å². The summed E-state index contributed by atoms with van der Waals surface area (Å²) in [5.41, 5.74) is 3.93. The summed E-state index contributed by atoms with van der Waals surface area (Å²) in [5.74, 6) is -2.30. The highest BCUT2D eigenvalue weighted by atomic mass is 35.5. The van der Waals surface area contributed by atoms with E-state index in [4.69, 9.17) is 11.6 Å². The van der Waals surface area contributed by atoms with E-state index in [1.165, 1.54) is 36.4 Å². The fraction of sp³-hybridized carbons (Fsp3) is 0.0667. The lowest BCUT2D eigenvalue weighted by Crippen LogP contribution is -2.41. The minimum Gasteiger partial charge on any atom is -0.405 e. The van der Waals surface area contributed by atoms with E-state index in [0.29, 0.717) is 5.02 Å². The summed E-state index contributed by atoms with van der Waals surface area (Å²) in [6.45, 7) is 0. The first kappa shape index (κ1) is 17.6. The third-order valence-electron chi connectivity index (χ3n) is 2.75. The van der Waals surface area contributed by atoms with Crippen molar-refractivity contribution in [2.45, 2.75) is 6.36 Å². The molecule has 0 aromatic heterocycles. The number of hydrazine groups is 1. The van der Waals surface area contributed by atoms with E-state index in [0.717, 1.165) is 12.1 Å². The SMILES string of the molecule is O=C(NNC(=O)c1ccccc1OC(F)(F)F)c1ccc(Cl)cc1. The highest BCUT2D eigenvalue weighted by Gasteiger charge is 2.32. The van der Waals surface area contributed by atoms with Crippen molar-refractivity contribution in [3.05, 3.63) is 64.7 Å². The van der Waals surface area contributed by atoms with Gasteiger partial charge < -0.3 is 4.74 Å². The Kier molecular flexibility index (Phi) is 5.30. The van der Waals surface area contributed by atoms with Gasteiger partial charge in [-0.25, -0.2) is 0 Å². The van der Waals surface area contributed by atoms with Crippen LogP contribution in [0.5, 0.6) is 5.75 Å². The zero-order chi connectivity index (χ0) is 17.7. The fourth-order valence-electron chi connectivity index (χ4n) is 1.72. The summed E-state index contributed by atoms with van der Waals surface area (Å²) < 4.78 is 40.7. The van der Waals surface area contributed by atoms with Crippen LogP contribution < -0.4 is 15.6 Å². The average Bonchev–Trinajstić information content (AvgIpc) is 2.52. The van der Waals surface area contributed by atoms with E-state index in [9.17, 15) is 22.8 Å². The van der Waals surface area contributed by atoms with Crippen LogP contribution in [-0.2, 0) is 0 Å². The third kappa shape index (κ3) is 4.88. The number of ether oxygens (including phenoxy) is 1. The Bertz CT molecular complexity index is 748. The zero-order valence-corrected chi connectivity index (χ0v) is 12.6. The highest BCUT2D eigenvalue weighted by Crippen LogP contribution is 2.26. The Labute approximate surface area is 139 Å². The molecule has 0 saturated carbocycles. The molecule has 2 aromatic rings. The second-order valence-electron chi connectivity index (χ2n) is 4.46. The minimum atomic E-state index is -4.94. The molecule has 0 heterocycles. The molecule has 0 fully saturated rings. The van der Waals surface area contributed by atoms with E-state index < -0.39 is 23.9 Å². The molecule has 0 spiro atoms. The lowest BCUT2D eigenvalue weighted by molar-refractivity contribution is -0.274. The fourth-order valence-corrected chi connectivity index (χ4v) is 1.85. The molecule has 0 saturated heterocycles. The molecule has 0 aliphatic heterocycles. The van der Waals surface area contributed by atoms with Gasteiger partial charge in [0.2, 0.25) is 0 Å². The maximum atomic E-state index is 12.3. The summed E-state index contributed by atoms with van der Waals surface area (Å²) in [6, 6.07) is 10.6. The number of para-hydroxylation sites is 1. The quantitative estimate of drug-likeness (QED) is 0.827. The number of hydrogen-bond acceptors (Lipinski definition) is 3. The summed E-state index contributed by atoms with van der Waals surface area (Å²) in [5, 5.41) is 0.425. The molecular formula is C15H10ClF3N2O3. The van der Waals surface area contributed by atoms with Gasteiger partial charge in [0.1, 0.15) is 5.75 Å². The molecule has 2 aromatic carbocycles. The number of alkyl halides is 3. The Balaban J connectivity index is 2.05. The van der Waals surface area contributed by atoms with E-state index >= 15 is 0 Å². The van der Waals surface area contributed by atoms with Crippen molar-refractivity contribution in [1.82, 2.24) is 10.9 Å². The van der Waals surface area contributed by atoms with Crippen LogP contribution in [0.3, 0.4) is 0 Å². The van der Waals surface area contributed by atoms with E-state index in [-0.39, 0.29) is 11.1 Å². The van der Waals surface area contributed by atoms with Gasteiger partial charge in [-0.15, -0.1) is 13.2 Å². The first-order valence-corrected chi connectivity index (χ1v) is 6.85. The van der Waals surface area contributed by atoms with Gasteiger partial charge in [0.25, 0.3) is 11.8 Å². The van der Waals surface area contributed by atoms with Crippen molar-refractivity contribution in [2.24, 2.45) is 0 Å². The molecule has 0 unspecified atom stereocenters. The molecule has 2 N–H and O–H groups in total. The third-order valence-corrected chi connectivity index (χ3v) is 3.01. The number of hydrogen-bond donors (Lipinski definition) is 2. The minimum absolute atomic E-state index is 0.208. The van der Waals surface area contributed by atoms with Gasteiger partial charge in [-0.3, -0.25) is 20.4 Å². The molecule has 126 valence electrons. The van der Waals surface area contributed by atoms with Crippen molar-refractivity contribution in [1.29, 1.82) is 0 Å². The first-order valence-electron chi connectivity index (χ1n) is 6.47. The molecule has 24 heavy (non-hydrogen) atoms. The largest absolute Gasteiger partial charge is 0.573 e. The van der Waals surface area contributed by atoms with Crippen LogP contribution in [0, 0.1) is 0 Å². The summed E-state index contributed by atoms with van der Waals surface area (Å²) in [7, 11) is 0. The van der Waals surface area contributed by atoms with Crippen LogP contribution in [-0.4, -0.2) is 18.2 Å². The highest BCUT2D eigenvalue weighted by molar-refractivity contribution is 6.30. The topological polar surface area (TPSA) is 67.4 Å². The number of nitrogens with one attached hydrogen (secondary N) is 2. The molecular weight excluding hydrogens is 349 g/mol. The van der Waals surface area contributed by atoms with Crippen LogP contribution in [0.25, 0.3) is 0 Å². The summed E-state index contributed by atoms with van der Waals surface area (Å²) in [4.78, 5) is 23.8. The van der Waals surface area contributed by atoms with Crippen molar-refractivity contribution in [3.8, 4) is 5.75 Å². The predicted octanol–water partition coefficient (Wildman–Crippen LogP) is 3.31. The first-order chi connectivity index (χ1) is 11.3.